The van der Waals surface area contributed by atoms with Crippen LogP contribution in [0, 0.1) is 0 Å². The molecule has 0 unspecified atom stereocenters. The molecule has 1 aromatic heterocycles. The Morgan fingerprint density at radius 3 is 2.65 bits per heavy atom. The van der Waals surface area contributed by atoms with Gasteiger partial charge in [0.05, 0.1) is 23.6 Å². The Hall–Kier alpha value is -2.80. The van der Waals surface area contributed by atoms with Gasteiger partial charge < -0.3 is 19.3 Å². The minimum Gasteiger partial charge on any atom is -0.490 e. The summed E-state index contributed by atoms with van der Waals surface area (Å²) >= 11 is 6.01. The number of nitrogens with zero attached hydrogens (tertiary/aromatic N) is 2. The Morgan fingerprint density at radius 1 is 1.23 bits per heavy atom. The largest absolute Gasteiger partial charge is 0.490 e. The highest BCUT2D eigenvalue weighted by Gasteiger charge is 2.14. The van der Waals surface area contributed by atoms with Crippen molar-refractivity contribution in [3.63, 3.8) is 0 Å². The smallest absolute Gasteiger partial charge is 0.305 e. The van der Waals surface area contributed by atoms with E-state index in [1.54, 1.807) is 24.3 Å². The van der Waals surface area contributed by atoms with Crippen LogP contribution in [0.5, 0.6) is 5.75 Å². The second-order valence-corrected chi connectivity index (χ2v) is 6.01. The minimum absolute atomic E-state index is 0.0862. The number of aromatic nitrogens is 1. The lowest BCUT2D eigenvalue weighted by Gasteiger charge is -2.17. The van der Waals surface area contributed by atoms with E-state index >= 15 is 0 Å². The van der Waals surface area contributed by atoms with Crippen LogP contribution in [0.15, 0.2) is 47.4 Å². The first-order valence-electron chi connectivity index (χ1n) is 7.93. The number of benzene rings is 1. The first-order valence-corrected chi connectivity index (χ1v) is 8.31. The average Bonchev–Trinajstić information content (AvgIpc) is 2.62. The maximum Gasteiger partial charge on any atom is 0.305 e. The SMILES string of the molecule is CN(CCC(=O)O)C(=O)c1ccc(=O)n(CCOc2ccccc2Cl)c1. The third kappa shape index (κ3) is 5.35. The van der Waals surface area contributed by atoms with Crippen molar-refractivity contribution in [3.05, 3.63) is 63.5 Å². The lowest BCUT2D eigenvalue weighted by atomic mass is 10.2. The van der Waals surface area contributed by atoms with E-state index in [0.29, 0.717) is 16.3 Å². The molecule has 2 rings (SSSR count). The lowest BCUT2D eigenvalue weighted by Crippen LogP contribution is -2.31. The molecule has 1 amide bonds. The van der Waals surface area contributed by atoms with Gasteiger partial charge in [-0.25, -0.2) is 0 Å². The number of aliphatic carboxylic acids is 1. The van der Waals surface area contributed by atoms with E-state index in [1.165, 1.54) is 34.8 Å². The zero-order valence-electron chi connectivity index (χ0n) is 14.2. The number of carboxylic acids is 1. The molecule has 0 atom stereocenters. The molecule has 0 aliphatic rings. The Balaban J connectivity index is 2.02. The van der Waals surface area contributed by atoms with Gasteiger partial charge in [0.15, 0.2) is 0 Å². The van der Waals surface area contributed by atoms with Crippen molar-refractivity contribution < 1.29 is 19.4 Å². The Labute approximate surface area is 155 Å². The van der Waals surface area contributed by atoms with Gasteiger partial charge >= 0.3 is 5.97 Å². The molecule has 26 heavy (non-hydrogen) atoms. The number of amides is 1. The van der Waals surface area contributed by atoms with E-state index in [-0.39, 0.29) is 37.6 Å². The summed E-state index contributed by atoms with van der Waals surface area (Å²) < 4.78 is 6.93. The van der Waals surface area contributed by atoms with E-state index in [2.05, 4.69) is 0 Å². The summed E-state index contributed by atoms with van der Waals surface area (Å²) in [7, 11) is 1.52. The molecule has 138 valence electrons. The maximum atomic E-state index is 12.3. The van der Waals surface area contributed by atoms with E-state index in [0.717, 1.165) is 0 Å². The van der Waals surface area contributed by atoms with Crippen LogP contribution in [0.3, 0.4) is 0 Å². The molecule has 0 radical (unpaired) electrons. The number of carbonyl (C=O) groups is 2. The van der Waals surface area contributed by atoms with Crippen molar-refractivity contribution in [2.75, 3.05) is 20.2 Å². The number of ether oxygens (including phenoxy) is 1. The minimum atomic E-state index is -0.980. The molecule has 1 N–H and O–H groups in total. The van der Waals surface area contributed by atoms with Crippen molar-refractivity contribution >= 4 is 23.5 Å². The average molecular weight is 379 g/mol. The number of rotatable bonds is 8. The summed E-state index contributed by atoms with van der Waals surface area (Å²) in [5.41, 5.74) is 0.0349. The van der Waals surface area contributed by atoms with Gasteiger partial charge in [0.2, 0.25) is 0 Å². The lowest BCUT2D eigenvalue weighted by molar-refractivity contribution is -0.137. The molecule has 8 heteroatoms. The zero-order valence-corrected chi connectivity index (χ0v) is 15.0. The fourth-order valence-corrected chi connectivity index (χ4v) is 2.42. The van der Waals surface area contributed by atoms with Crippen molar-refractivity contribution in [2.45, 2.75) is 13.0 Å². The molecule has 1 aromatic carbocycles. The summed E-state index contributed by atoms with van der Waals surface area (Å²) in [4.78, 5) is 36.2. The predicted molar refractivity (Wildman–Crippen MR) is 96.9 cm³/mol. The third-order valence-electron chi connectivity index (χ3n) is 3.66. The summed E-state index contributed by atoms with van der Waals surface area (Å²) in [5, 5.41) is 9.17. The zero-order chi connectivity index (χ0) is 19.1. The van der Waals surface area contributed by atoms with E-state index in [1.807, 2.05) is 0 Å². The van der Waals surface area contributed by atoms with Gasteiger partial charge in [0.1, 0.15) is 12.4 Å². The fourth-order valence-electron chi connectivity index (χ4n) is 2.23. The van der Waals surface area contributed by atoms with Crippen LogP contribution in [0.4, 0.5) is 0 Å². The molecular formula is C18H19ClN2O5. The topological polar surface area (TPSA) is 88.8 Å². The number of para-hydroxylation sites is 1. The standard InChI is InChI=1S/C18H19ClN2O5/c1-20(9-8-17(23)24)18(25)13-6-7-16(22)21(12-13)10-11-26-15-5-3-2-4-14(15)19/h2-7,12H,8-11H2,1H3,(H,23,24). The molecule has 7 nitrogen and oxygen atoms in total. The van der Waals surface area contributed by atoms with Gasteiger partial charge in [-0.3, -0.25) is 14.4 Å². The van der Waals surface area contributed by atoms with E-state index in [4.69, 9.17) is 21.4 Å². The Morgan fingerprint density at radius 2 is 1.96 bits per heavy atom. The van der Waals surface area contributed by atoms with Crippen molar-refractivity contribution in [3.8, 4) is 5.75 Å². The van der Waals surface area contributed by atoms with Crippen LogP contribution >= 0.6 is 11.6 Å². The van der Waals surface area contributed by atoms with Crippen molar-refractivity contribution in [1.29, 1.82) is 0 Å². The molecule has 0 spiro atoms. The summed E-state index contributed by atoms with van der Waals surface area (Å²) in [6.07, 6.45) is 1.30. The molecule has 2 aromatic rings. The van der Waals surface area contributed by atoms with E-state index in [9.17, 15) is 14.4 Å². The summed E-state index contributed by atoms with van der Waals surface area (Å²) in [6.45, 7) is 0.531. The highest BCUT2D eigenvalue weighted by atomic mass is 35.5. The first-order chi connectivity index (χ1) is 12.4. The Kier molecular flexibility index (Phi) is 6.80. The number of halogens is 1. The van der Waals surface area contributed by atoms with Crippen molar-refractivity contribution in [1.82, 2.24) is 9.47 Å². The van der Waals surface area contributed by atoms with Gasteiger partial charge in [-0.15, -0.1) is 0 Å². The van der Waals surface area contributed by atoms with Gasteiger partial charge in [0.25, 0.3) is 11.5 Å². The third-order valence-corrected chi connectivity index (χ3v) is 3.98. The first kappa shape index (κ1) is 19.5. The molecular weight excluding hydrogens is 360 g/mol. The summed E-state index contributed by atoms with van der Waals surface area (Å²) in [5.74, 6) is -0.818. The van der Waals surface area contributed by atoms with Crippen molar-refractivity contribution in [2.24, 2.45) is 0 Å². The fraction of sp³-hybridized carbons (Fsp3) is 0.278. The molecule has 0 bridgehead atoms. The van der Waals surface area contributed by atoms with E-state index < -0.39 is 5.97 Å². The van der Waals surface area contributed by atoms with Crippen LogP contribution in [-0.2, 0) is 11.3 Å². The number of carboxylic acid groups (broad SMARTS) is 1. The Bertz CT molecular complexity index is 849. The van der Waals surface area contributed by atoms with Crippen LogP contribution in [-0.4, -0.2) is 46.6 Å². The number of carbonyl (C=O) groups excluding carboxylic acids is 1. The second kappa shape index (κ2) is 9.05. The van der Waals surface area contributed by atoms with Gasteiger partial charge in [-0.1, -0.05) is 23.7 Å². The van der Waals surface area contributed by atoms with Crippen LogP contribution < -0.4 is 10.3 Å². The highest BCUT2D eigenvalue weighted by Crippen LogP contribution is 2.22. The number of hydrogen-bond acceptors (Lipinski definition) is 4. The molecule has 0 aliphatic carbocycles. The van der Waals surface area contributed by atoms with Gasteiger partial charge in [-0.05, 0) is 18.2 Å². The summed E-state index contributed by atoms with van der Waals surface area (Å²) in [6, 6.07) is 9.73. The quantitative estimate of drug-likeness (QED) is 0.760. The molecule has 0 saturated heterocycles. The van der Waals surface area contributed by atoms with Crippen LogP contribution in [0.25, 0.3) is 0 Å². The molecule has 0 fully saturated rings. The van der Waals surface area contributed by atoms with Gasteiger partial charge in [-0.2, -0.15) is 0 Å². The second-order valence-electron chi connectivity index (χ2n) is 5.60. The number of hydrogen-bond donors (Lipinski definition) is 1. The monoisotopic (exact) mass is 378 g/mol. The van der Waals surface area contributed by atoms with Crippen LogP contribution in [0.2, 0.25) is 5.02 Å². The maximum absolute atomic E-state index is 12.3. The molecule has 0 aliphatic heterocycles. The predicted octanol–water partition coefficient (Wildman–Crippen LogP) is 2.13. The molecule has 1 heterocycles. The normalized spacial score (nSPS) is 10.4. The van der Waals surface area contributed by atoms with Crippen LogP contribution in [0.1, 0.15) is 16.8 Å². The highest BCUT2D eigenvalue weighted by molar-refractivity contribution is 6.32. The molecule has 0 saturated carbocycles. The number of pyridine rings is 1. The van der Waals surface area contributed by atoms with Gasteiger partial charge in [0, 0.05) is 25.9 Å².